The lowest BCUT2D eigenvalue weighted by Crippen LogP contribution is -2.52. The van der Waals surface area contributed by atoms with Crippen LogP contribution >= 0.6 is 0 Å². The van der Waals surface area contributed by atoms with Crippen LogP contribution in [0.25, 0.3) is 0 Å². The van der Waals surface area contributed by atoms with Crippen LogP contribution in [0.2, 0.25) is 0 Å². The average Bonchev–Trinajstić information content (AvgIpc) is 3.52. The molecule has 2 aromatic carbocycles. The van der Waals surface area contributed by atoms with Crippen LogP contribution in [0.4, 0.5) is 10.5 Å². The van der Waals surface area contributed by atoms with E-state index < -0.39 is 30.0 Å². The third-order valence-electron chi connectivity index (χ3n) is 7.65. The molecule has 2 heterocycles. The molecule has 1 aliphatic heterocycles. The fourth-order valence-corrected chi connectivity index (χ4v) is 5.10. The molecule has 0 saturated carbocycles. The molecular formula is C34H41N5O5. The fourth-order valence-electron chi connectivity index (χ4n) is 5.10. The number of aromatic nitrogens is 1. The lowest BCUT2D eigenvalue weighted by Gasteiger charge is -2.35. The summed E-state index contributed by atoms with van der Waals surface area (Å²) in [6.45, 7) is 6.47. The van der Waals surface area contributed by atoms with Crippen molar-refractivity contribution in [1.29, 1.82) is 0 Å². The molecule has 1 saturated heterocycles. The van der Waals surface area contributed by atoms with Crippen molar-refractivity contribution in [2.45, 2.75) is 57.7 Å². The first-order valence-electron chi connectivity index (χ1n) is 14.8. The lowest BCUT2D eigenvalue weighted by atomic mass is 9.87. The number of pyridine rings is 1. The van der Waals surface area contributed by atoms with Gasteiger partial charge >= 0.3 is 6.09 Å². The monoisotopic (exact) mass is 599 g/mol. The zero-order valence-electron chi connectivity index (χ0n) is 26.0. The van der Waals surface area contributed by atoms with Gasteiger partial charge in [0.05, 0.1) is 6.54 Å². The van der Waals surface area contributed by atoms with Gasteiger partial charge in [0.25, 0.3) is 5.91 Å². The van der Waals surface area contributed by atoms with E-state index in [4.69, 9.17) is 4.74 Å². The van der Waals surface area contributed by atoms with Crippen LogP contribution in [0.15, 0.2) is 79.1 Å². The van der Waals surface area contributed by atoms with Crippen molar-refractivity contribution in [3.63, 3.8) is 0 Å². The molecule has 44 heavy (non-hydrogen) atoms. The molecule has 1 N–H and O–H groups in total. The molecule has 232 valence electrons. The van der Waals surface area contributed by atoms with Crippen LogP contribution in [0.5, 0.6) is 0 Å². The summed E-state index contributed by atoms with van der Waals surface area (Å²) >= 11 is 0. The van der Waals surface area contributed by atoms with Crippen molar-refractivity contribution in [3.05, 3.63) is 95.8 Å². The van der Waals surface area contributed by atoms with Gasteiger partial charge in [-0.15, -0.1) is 0 Å². The minimum absolute atomic E-state index is 0.0791. The predicted molar refractivity (Wildman–Crippen MR) is 168 cm³/mol. The lowest BCUT2D eigenvalue weighted by molar-refractivity contribution is -0.132. The Morgan fingerprint density at radius 3 is 2.32 bits per heavy atom. The van der Waals surface area contributed by atoms with E-state index in [1.807, 2.05) is 54.6 Å². The van der Waals surface area contributed by atoms with Gasteiger partial charge in [-0.2, -0.15) is 0 Å². The first-order valence-corrected chi connectivity index (χ1v) is 14.8. The van der Waals surface area contributed by atoms with Gasteiger partial charge in [-0.3, -0.25) is 29.2 Å². The topological polar surface area (TPSA) is 112 Å². The summed E-state index contributed by atoms with van der Waals surface area (Å²) in [6.07, 6.45) is 3.54. The first kappa shape index (κ1) is 32.2. The van der Waals surface area contributed by atoms with Crippen LogP contribution < -0.4 is 10.2 Å². The number of rotatable bonds is 9. The zero-order valence-corrected chi connectivity index (χ0v) is 26.0. The Labute approximate surface area is 259 Å². The normalized spacial score (nSPS) is 15.3. The molecule has 1 aromatic heterocycles. The number of ether oxygens (including phenoxy) is 1. The zero-order chi connectivity index (χ0) is 31.9. The van der Waals surface area contributed by atoms with E-state index >= 15 is 0 Å². The maximum atomic E-state index is 14.6. The second-order valence-corrected chi connectivity index (χ2v) is 12.1. The quantitative estimate of drug-likeness (QED) is 0.389. The largest absolute Gasteiger partial charge is 0.445 e. The van der Waals surface area contributed by atoms with Gasteiger partial charge in [-0.1, -0.05) is 69.3 Å². The van der Waals surface area contributed by atoms with Crippen molar-refractivity contribution in [2.75, 3.05) is 32.1 Å². The molecule has 1 fully saturated rings. The number of nitrogens with one attached hydrogen (secondary N) is 1. The van der Waals surface area contributed by atoms with Gasteiger partial charge < -0.3 is 15.0 Å². The second kappa shape index (κ2) is 14.2. The van der Waals surface area contributed by atoms with E-state index in [1.165, 1.54) is 20.9 Å². The van der Waals surface area contributed by atoms with Gasteiger partial charge in [0.2, 0.25) is 11.8 Å². The van der Waals surface area contributed by atoms with Crippen LogP contribution in [0, 0.1) is 0 Å². The Balaban J connectivity index is 1.71. The second-order valence-electron chi connectivity index (χ2n) is 12.1. The van der Waals surface area contributed by atoms with Gasteiger partial charge in [0.15, 0.2) is 0 Å². The number of nitrogens with zero attached hydrogens (tertiary/aromatic N) is 4. The molecule has 1 aliphatic rings. The van der Waals surface area contributed by atoms with Crippen molar-refractivity contribution in [1.82, 2.24) is 20.1 Å². The number of hydrogen-bond donors (Lipinski definition) is 1. The Morgan fingerprint density at radius 2 is 1.70 bits per heavy atom. The summed E-state index contributed by atoms with van der Waals surface area (Å²) in [6, 6.07) is 18.2. The van der Waals surface area contributed by atoms with Crippen molar-refractivity contribution in [3.8, 4) is 0 Å². The summed E-state index contributed by atoms with van der Waals surface area (Å²) < 4.78 is 5.60. The molecule has 1 unspecified atom stereocenters. The molecule has 4 rings (SSSR count). The standard InChI is InChI=1S/C34H41N5O5/c1-34(2,3)26-15-17-27(18-16-26)39(30(25-13-9-19-35-21-25)31(41)36-22-29(40)37(4)5)32(42)28-14-10-20-38(28)33(43)44-23-24-11-7-6-8-12-24/h6-9,11-13,15-19,21,28,30H,10,14,20,22-23H2,1-5H3,(H,36,41)/t28-,30?/m1/s1. The summed E-state index contributed by atoms with van der Waals surface area (Å²) in [5, 5.41) is 2.71. The Morgan fingerprint density at radius 1 is 1.00 bits per heavy atom. The molecule has 0 radical (unpaired) electrons. The highest BCUT2D eigenvalue weighted by Crippen LogP contribution is 2.33. The minimum Gasteiger partial charge on any atom is -0.445 e. The highest BCUT2D eigenvalue weighted by Gasteiger charge is 2.42. The molecule has 3 aromatic rings. The van der Waals surface area contributed by atoms with Crippen molar-refractivity contribution < 1.29 is 23.9 Å². The van der Waals surface area contributed by atoms with Gasteiger partial charge in [-0.05, 0) is 47.6 Å². The maximum absolute atomic E-state index is 14.6. The summed E-state index contributed by atoms with van der Waals surface area (Å²) in [5.41, 5.74) is 2.70. The van der Waals surface area contributed by atoms with Crippen LogP contribution in [-0.4, -0.2) is 71.8 Å². The van der Waals surface area contributed by atoms with E-state index in [1.54, 1.807) is 32.4 Å². The first-order chi connectivity index (χ1) is 21.0. The third-order valence-corrected chi connectivity index (χ3v) is 7.65. The molecule has 4 amide bonds. The van der Waals surface area contributed by atoms with Gasteiger partial charge in [0.1, 0.15) is 18.7 Å². The molecular weight excluding hydrogens is 558 g/mol. The fraction of sp³-hybridized carbons (Fsp3) is 0.382. The number of benzene rings is 2. The van der Waals surface area contributed by atoms with E-state index in [0.717, 1.165) is 11.1 Å². The van der Waals surface area contributed by atoms with E-state index in [-0.39, 0.29) is 24.5 Å². The van der Waals surface area contributed by atoms with E-state index in [0.29, 0.717) is 30.6 Å². The molecule has 0 spiro atoms. The minimum atomic E-state index is -1.16. The Kier molecular flexibility index (Phi) is 10.4. The molecule has 10 heteroatoms. The number of hydrogen-bond acceptors (Lipinski definition) is 6. The van der Waals surface area contributed by atoms with E-state index in [2.05, 4.69) is 31.1 Å². The van der Waals surface area contributed by atoms with Crippen molar-refractivity contribution >= 4 is 29.5 Å². The molecule has 0 bridgehead atoms. The molecule has 0 aliphatic carbocycles. The highest BCUT2D eigenvalue weighted by atomic mass is 16.6. The van der Waals surface area contributed by atoms with Gasteiger partial charge in [-0.25, -0.2) is 4.79 Å². The van der Waals surface area contributed by atoms with Gasteiger partial charge in [0, 0.05) is 44.3 Å². The van der Waals surface area contributed by atoms with Crippen LogP contribution in [-0.2, 0) is 31.1 Å². The Hall–Kier alpha value is -4.73. The van der Waals surface area contributed by atoms with E-state index in [9.17, 15) is 19.2 Å². The average molecular weight is 600 g/mol. The van der Waals surface area contributed by atoms with Crippen LogP contribution in [0.1, 0.15) is 56.3 Å². The summed E-state index contributed by atoms with van der Waals surface area (Å²) in [7, 11) is 3.20. The van der Waals surface area contributed by atoms with Crippen LogP contribution in [0.3, 0.4) is 0 Å². The third kappa shape index (κ3) is 7.80. The number of likely N-dealkylation sites (N-methyl/N-ethyl adjacent to an activating group) is 1. The molecule has 2 atom stereocenters. The Bertz CT molecular complexity index is 1440. The smallest absolute Gasteiger partial charge is 0.410 e. The number of likely N-dealkylation sites (tertiary alicyclic amines) is 1. The number of anilines is 1. The maximum Gasteiger partial charge on any atom is 0.410 e. The number of carbonyl (C=O) groups is 4. The van der Waals surface area contributed by atoms with Crippen molar-refractivity contribution in [2.24, 2.45) is 0 Å². The predicted octanol–water partition coefficient (Wildman–Crippen LogP) is 4.46. The molecule has 10 nitrogen and oxygen atoms in total. The SMILES string of the molecule is CN(C)C(=O)CNC(=O)C(c1cccnc1)N(C(=O)[C@H]1CCCN1C(=O)OCc1ccccc1)c1ccc(C(C)(C)C)cc1. The summed E-state index contributed by atoms with van der Waals surface area (Å²) in [5.74, 6) is -1.26. The highest BCUT2D eigenvalue weighted by molar-refractivity contribution is 6.05. The number of amides is 4. The summed E-state index contributed by atoms with van der Waals surface area (Å²) in [4.78, 5) is 62.6. The number of carbonyl (C=O) groups excluding carboxylic acids is 4.